The first-order valence-corrected chi connectivity index (χ1v) is 7.48. The van der Waals surface area contributed by atoms with Gasteiger partial charge in [0.15, 0.2) is 0 Å². The third-order valence-electron chi connectivity index (χ3n) is 4.51. The van der Waals surface area contributed by atoms with Crippen LogP contribution in [0.15, 0.2) is 30.3 Å². The molecule has 2 N–H and O–H groups in total. The number of benzene rings is 1. The Bertz CT molecular complexity index is 600. The number of fused-ring (bicyclic) bond motifs is 1. The molecule has 0 bridgehead atoms. The third kappa shape index (κ3) is 2.50. The normalized spacial score (nSPS) is 22.4. The van der Waals surface area contributed by atoms with Gasteiger partial charge in [0.1, 0.15) is 0 Å². The molecule has 0 saturated heterocycles. The minimum atomic E-state index is 0.143. The predicted molar refractivity (Wildman–Crippen MR) is 81.4 cm³/mol. The van der Waals surface area contributed by atoms with Crippen LogP contribution < -0.4 is 5.73 Å². The Morgan fingerprint density at radius 3 is 2.90 bits per heavy atom. The van der Waals surface area contributed by atoms with E-state index in [0.29, 0.717) is 5.92 Å². The van der Waals surface area contributed by atoms with Crippen LogP contribution in [-0.2, 0) is 19.9 Å². The maximum atomic E-state index is 6.57. The van der Waals surface area contributed by atoms with Crippen LogP contribution in [0.3, 0.4) is 0 Å². The molecule has 0 saturated carbocycles. The first kappa shape index (κ1) is 13.4. The number of nitrogens with two attached hydrogens (primary N) is 1. The minimum absolute atomic E-state index is 0.143. The van der Waals surface area contributed by atoms with Crippen LogP contribution in [-0.4, -0.2) is 9.78 Å². The van der Waals surface area contributed by atoms with Crippen molar-refractivity contribution in [2.45, 2.75) is 38.6 Å². The van der Waals surface area contributed by atoms with Crippen LogP contribution in [0.2, 0.25) is 0 Å². The highest BCUT2D eigenvalue weighted by Gasteiger charge is 2.25. The van der Waals surface area contributed by atoms with Crippen LogP contribution in [0.5, 0.6) is 0 Å². The highest BCUT2D eigenvalue weighted by atomic mass is 15.3. The molecule has 1 aliphatic rings. The van der Waals surface area contributed by atoms with Gasteiger partial charge < -0.3 is 5.73 Å². The third-order valence-corrected chi connectivity index (χ3v) is 4.51. The molecule has 3 rings (SSSR count). The zero-order valence-corrected chi connectivity index (χ0v) is 12.3. The van der Waals surface area contributed by atoms with Crippen LogP contribution in [0.25, 0.3) is 0 Å². The molecule has 2 unspecified atom stereocenters. The summed E-state index contributed by atoms with van der Waals surface area (Å²) in [6.07, 6.45) is 4.60. The van der Waals surface area contributed by atoms with E-state index in [1.165, 1.54) is 29.7 Å². The molecule has 2 atom stereocenters. The number of rotatable bonds is 2. The number of aromatic nitrogens is 2. The molecule has 0 spiro atoms. The number of aryl methyl sites for hydroxylation is 3. The van der Waals surface area contributed by atoms with Crippen LogP contribution in [0.4, 0.5) is 0 Å². The van der Waals surface area contributed by atoms with Crippen molar-refractivity contribution in [3.05, 3.63) is 52.8 Å². The molecule has 1 aromatic heterocycles. The molecule has 106 valence electrons. The summed E-state index contributed by atoms with van der Waals surface area (Å²) in [5, 5.41) is 4.45. The van der Waals surface area contributed by atoms with E-state index in [-0.39, 0.29) is 6.04 Å². The standard InChI is InChI=1S/C17H23N3/c1-12-10-15(20(2)19-12)11-14-8-5-7-13-6-3-4-9-16(13)17(14)18/h3-4,6,9-10,14,17H,5,7-8,11,18H2,1-2H3. The smallest absolute Gasteiger partial charge is 0.0596 e. The van der Waals surface area contributed by atoms with Gasteiger partial charge in [-0.1, -0.05) is 24.3 Å². The van der Waals surface area contributed by atoms with E-state index in [1.54, 1.807) is 0 Å². The van der Waals surface area contributed by atoms with E-state index in [1.807, 2.05) is 18.7 Å². The molecule has 1 aromatic carbocycles. The SMILES string of the molecule is Cc1cc(CC2CCCc3ccccc3C2N)n(C)n1. The summed E-state index contributed by atoms with van der Waals surface area (Å²) in [5.41, 5.74) is 11.7. The molecule has 1 heterocycles. The van der Waals surface area contributed by atoms with Crippen molar-refractivity contribution in [2.75, 3.05) is 0 Å². The fourth-order valence-corrected chi connectivity index (χ4v) is 3.43. The lowest BCUT2D eigenvalue weighted by molar-refractivity contribution is 0.392. The summed E-state index contributed by atoms with van der Waals surface area (Å²) in [7, 11) is 2.03. The zero-order valence-electron chi connectivity index (χ0n) is 12.3. The van der Waals surface area contributed by atoms with E-state index in [9.17, 15) is 0 Å². The Labute approximate surface area is 120 Å². The molecule has 20 heavy (non-hydrogen) atoms. The largest absolute Gasteiger partial charge is 0.324 e. The highest BCUT2D eigenvalue weighted by Crippen LogP contribution is 2.33. The maximum absolute atomic E-state index is 6.57. The van der Waals surface area contributed by atoms with Gasteiger partial charge in [0, 0.05) is 18.8 Å². The van der Waals surface area contributed by atoms with Crippen molar-refractivity contribution in [3.63, 3.8) is 0 Å². The second-order valence-corrected chi connectivity index (χ2v) is 5.98. The molecule has 3 heteroatoms. The lowest BCUT2D eigenvalue weighted by atomic mass is 9.88. The van der Waals surface area contributed by atoms with Gasteiger partial charge in [-0.05, 0) is 55.7 Å². The summed E-state index contributed by atoms with van der Waals surface area (Å²) in [6.45, 7) is 2.05. The van der Waals surface area contributed by atoms with Crippen molar-refractivity contribution in [2.24, 2.45) is 18.7 Å². The lowest BCUT2D eigenvalue weighted by Crippen LogP contribution is -2.23. The lowest BCUT2D eigenvalue weighted by Gasteiger charge is -2.23. The van der Waals surface area contributed by atoms with Crippen molar-refractivity contribution >= 4 is 0 Å². The van der Waals surface area contributed by atoms with Gasteiger partial charge in [-0.3, -0.25) is 4.68 Å². The average molecular weight is 269 g/mol. The van der Waals surface area contributed by atoms with Crippen molar-refractivity contribution in [1.29, 1.82) is 0 Å². The van der Waals surface area contributed by atoms with Crippen LogP contribution >= 0.6 is 0 Å². The van der Waals surface area contributed by atoms with Gasteiger partial charge in [-0.25, -0.2) is 0 Å². The van der Waals surface area contributed by atoms with E-state index < -0.39 is 0 Å². The fraction of sp³-hybridized carbons (Fsp3) is 0.471. The Hall–Kier alpha value is -1.61. The Kier molecular flexibility index (Phi) is 3.62. The second kappa shape index (κ2) is 5.41. The summed E-state index contributed by atoms with van der Waals surface area (Å²) < 4.78 is 2.00. The van der Waals surface area contributed by atoms with Crippen LogP contribution in [0, 0.1) is 12.8 Å². The van der Waals surface area contributed by atoms with Crippen LogP contribution in [0.1, 0.15) is 41.4 Å². The highest BCUT2D eigenvalue weighted by molar-refractivity contribution is 5.31. The molecule has 2 aromatic rings. The molecule has 0 radical (unpaired) electrons. The molecule has 0 aliphatic heterocycles. The average Bonchev–Trinajstić information content (AvgIpc) is 2.66. The van der Waals surface area contributed by atoms with Crippen molar-refractivity contribution in [1.82, 2.24) is 9.78 Å². The van der Waals surface area contributed by atoms with Gasteiger partial charge >= 0.3 is 0 Å². The summed E-state index contributed by atoms with van der Waals surface area (Å²) in [4.78, 5) is 0. The monoisotopic (exact) mass is 269 g/mol. The van der Waals surface area contributed by atoms with E-state index in [4.69, 9.17) is 5.73 Å². The first-order valence-electron chi connectivity index (χ1n) is 7.48. The van der Waals surface area contributed by atoms with Gasteiger partial charge in [-0.2, -0.15) is 5.10 Å². The number of hydrogen-bond acceptors (Lipinski definition) is 2. The van der Waals surface area contributed by atoms with Gasteiger partial charge in [0.25, 0.3) is 0 Å². The van der Waals surface area contributed by atoms with E-state index >= 15 is 0 Å². The van der Waals surface area contributed by atoms with Crippen molar-refractivity contribution < 1.29 is 0 Å². The molecule has 0 fully saturated rings. The number of hydrogen-bond donors (Lipinski definition) is 1. The molecule has 0 amide bonds. The minimum Gasteiger partial charge on any atom is -0.324 e. The maximum Gasteiger partial charge on any atom is 0.0596 e. The Balaban J connectivity index is 1.86. The fourth-order valence-electron chi connectivity index (χ4n) is 3.43. The Morgan fingerprint density at radius 2 is 2.15 bits per heavy atom. The molecular weight excluding hydrogens is 246 g/mol. The molecule has 1 aliphatic carbocycles. The van der Waals surface area contributed by atoms with Crippen molar-refractivity contribution in [3.8, 4) is 0 Å². The zero-order chi connectivity index (χ0) is 14.1. The quantitative estimate of drug-likeness (QED) is 0.852. The summed E-state index contributed by atoms with van der Waals surface area (Å²) in [6, 6.07) is 11.0. The first-order chi connectivity index (χ1) is 9.65. The van der Waals surface area contributed by atoms with Gasteiger partial charge in [-0.15, -0.1) is 0 Å². The van der Waals surface area contributed by atoms with Gasteiger partial charge in [0.05, 0.1) is 5.69 Å². The predicted octanol–water partition coefficient (Wildman–Crippen LogP) is 2.92. The number of nitrogens with zero attached hydrogens (tertiary/aromatic N) is 2. The molecule has 3 nitrogen and oxygen atoms in total. The topological polar surface area (TPSA) is 43.8 Å². The van der Waals surface area contributed by atoms with Gasteiger partial charge in [0.2, 0.25) is 0 Å². The second-order valence-electron chi connectivity index (χ2n) is 5.98. The van der Waals surface area contributed by atoms with E-state index in [0.717, 1.165) is 18.5 Å². The molecular formula is C17H23N3. The Morgan fingerprint density at radius 1 is 1.35 bits per heavy atom. The summed E-state index contributed by atoms with van der Waals surface area (Å²) >= 11 is 0. The summed E-state index contributed by atoms with van der Waals surface area (Å²) in [5.74, 6) is 0.508. The van der Waals surface area contributed by atoms with E-state index in [2.05, 4.69) is 35.4 Å².